The molecule has 1 amide bonds. The third-order valence-corrected chi connectivity index (χ3v) is 3.04. The van der Waals surface area contributed by atoms with Crippen molar-refractivity contribution in [2.45, 2.75) is 57.6 Å². The second kappa shape index (κ2) is 6.21. The molecule has 0 aromatic rings. The maximum absolute atomic E-state index is 11.9. The molecular formula is C12H24N2O2. The average Bonchev–Trinajstić information content (AvgIpc) is 2.25. The molecule has 0 aromatic carbocycles. The molecule has 1 rings (SSSR count). The van der Waals surface area contributed by atoms with Gasteiger partial charge in [0.05, 0.1) is 18.2 Å². The van der Waals surface area contributed by atoms with Crippen LogP contribution in [0.3, 0.4) is 0 Å². The Morgan fingerprint density at radius 2 is 2.00 bits per heavy atom. The summed E-state index contributed by atoms with van der Waals surface area (Å²) in [5.74, 6) is -0.0143. The molecule has 0 radical (unpaired) electrons. The maximum Gasteiger partial charge on any atom is 0.240 e. The predicted molar refractivity (Wildman–Crippen MR) is 64.1 cm³/mol. The molecule has 4 heteroatoms. The van der Waals surface area contributed by atoms with Crippen molar-refractivity contribution in [2.24, 2.45) is 5.73 Å². The lowest BCUT2D eigenvalue weighted by Gasteiger charge is -2.31. The summed E-state index contributed by atoms with van der Waals surface area (Å²) in [5.41, 5.74) is 5.46. The fourth-order valence-corrected chi connectivity index (χ4v) is 2.04. The van der Waals surface area contributed by atoms with Gasteiger partial charge in [0, 0.05) is 6.54 Å². The van der Waals surface area contributed by atoms with Gasteiger partial charge >= 0.3 is 0 Å². The molecule has 0 aromatic heterocycles. The van der Waals surface area contributed by atoms with Crippen LogP contribution >= 0.6 is 0 Å². The van der Waals surface area contributed by atoms with Gasteiger partial charge in [-0.3, -0.25) is 4.79 Å². The van der Waals surface area contributed by atoms with Crippen LogP contribution in [0.1, 0.15) is 46.0 Å². The number of nitrogens with two attached hydrogens (primary N) is 1. The van der Waals surface area contributed by atoms with Crippen LogP contribution in [0.5, 0.6) is 0 Å². The van der Waals surface area contributed by atoms with E-state index in [1.165, 1.54) is 6.42 Å². The highest BCUT2D eigenvalue weighted by Gasteiger charge is 2.34. The number of hydrogen-bond donors (Lipinski definition) is 2. The Bertz CT molecular complexity index is 223. The molecule has 0 saturated heterocycles. The van der Waals surface area contributed by atoms with Crippen molar-refractivity contribution in [2.75, 3.05) is 13.2 Å². The lowest BCUT2D eigenvalue weighted by atomic mass is 9.82. The van der Waals surface area contributed by atoms with Crippen molar-refractivity contribution in [3.05, 3.63) is 0 Å². The van der Waals surface area contributed by atoms with Gasteiger partial charge in [0.25, 0.3) is 0 Å². The van der Waals surface area contributed by atoms with Crippen LogP contribution in [0.15, 0.2) is 0 Å². The minimum Gasteiger partial charge on any atom is -0.377 e. The summed E-state index contributed by atoms with van der Waals surface area (Å²) in [6.45, 7) is 5.07. The van der Waals surface area contributed by atoms with Crippen LogP contribution in [-0.4, -0.2) is 30.7 Å². The van der Waals surface area contributed by atoms with Gasteiger partial charge in [-0.1, -0.05) is 19.3 Å². The number of hydrogen-bond acceptors (Lipinski definition) is 3. The average molecular weight is 228 g/mol. The van der Waals surface area contributed by atoms with Crippen LogP contribution in [-0.2, 0) is 9.53 Å². The Labute approximate surface area is 97.9 Å². The summed E-state index contributed by atoms with van der Waals surface area (Å²) < 4.78 is 5.36. The van der Waals surface area contributed by atoms with Gasteiger partial charge in [-0.2, -0.15) is 0 Å². The molecule has 16 heavy (non-hydrogen) atoms. The number of carbonyl (C=O) groups excluding carboxylic acids is 1. The first-order valence-electron chi connectivity index (χ1n) is 6.23. The van der Waals surface area contributed by atoms with Gasteiger partial charge in [-0.25, -0.2) is 0 Å². The van der Waals surface area contributed by atoms with Gasteiger partial charge in [-0.15, -0.1) is 0 Å². The predicted octanol–water partition coefficient (Wildman–Crippen LogP) is 1.19. The fraction of sp³-hybridized carbons (Fsp3) is 0.917. The molecule has 1 aliphatic rings. The minimum atomic E-state index is -0.629. The van der Waals surface area contributed by atoms with Gasteiger partial charge < -0.3 is 15.8 Å². The van der Waals surface area contributed by atoms with Crippen LogP contribution in [0, 0.1) is 0 Å². The second-order valence-corrected chi connectivity index (χ2v) is 4.89. The molecule has 0 aliphatic heterocycles. The van der Waals surface area contributed by atoms with E-state index in [-0.39, 0.29) is 12.0 Å². The SMILES string of the molecule is CC(C)OCCNC(=O)C1(N)CCCCC1. The monoisotopic (exact) mass is 228 g/mol. The molecule has 0 bridgehead atoms. The van der Waals surface area contributed by atoms with E-state index in [9.17, 15) is 4.79 Å². The topological polar surface area (TPSA) is 64.3 Å². The smallest absolute Gasteiger partial charge is 0.240 e. The third kappa shape index (κ3) is 4.10. The number of ether oxygens (including phenoxy) is 1. The highest BCUT2D eigenvalue weighted by molar-refractivity contribution is 5.86. The Morgan fingerprint density at radius 1 is 1.38 bits per heavy atom. The molecule has 0 spiro atoms. The Hall–Kier alpha value is -0.610. The maximum atomic E-state index is 11.9. The van der Waals surface area contributed by atoms with Gasteiger partial charge in [-0.05, 0) is 26.7 Å². The zero-order valence-electron chi connectivity index (χ0n) is 10.4. The number of carbonyl (C=O) groups is 1. The van der Waals surface area contributed by atoms with E-state index < -0.39 is 5.54 Å². The molecule has 0 heterocycles. The highest BCUT2D eigenvalue weighted by atomic mass is 16.5. The Kier molecular flexibility index (Phi) is 5.22. The van der Waals surface area contributed by atoms with E-state index >= 15 is 0 Å². The molecule has 1 aliphatic carbocycles. The summed E-state index contributed by atoms with van der Waals surface area (Å²) in [7, 11) is 0. The van der Waals surface area contributed by atoms with E-state index in [2.05, 4.69) is 5.32 Å². The quantitative estimate of drug-likeness (QED) is 0.695. The van der Waals surface area contributed by atoms with Crippen molar-refractivity contribution in [3.8, 4) is 0 Å². The third-order valence-electron chi connectivity index (χ3n) is 3.04. The van der Waals surface area contributed by atoms with Crippen molar-refractivity contribution in [1.29, 1.82) is 0 Å². The molecule has 0 unspecified atom stereocenters. The van der Waals surface area contributed by atoms with Crippen LogP contribution < -0.4 is 11.1 Å². The first-order chi connectivity index (χ1) is 7.54. The molecule has 94 valence electrons. The fourth-order valence-electron chi connectivity index (χ4n) is 2.04. The Balaban J connectivity index is 2.23. The molecule has 1 saturated carbocycles. The second-order valence-electron chi connectivity index (χ2n) is 4.89. The first kappa shape index (κ1) is 13.5. The van der Waals surface area contributed by atoms with Gasteiger partial charge in [0.2, 0.25) is 5.91 Å². The summed E-state index contributed by atoms with van der Waals surface area (Å²) in [5, 5.41) is 2.86. The number of amides is 1. The van der Waals surface area contributed by atoms with Crippen molar-refractivity contribution in [1.82, 2.24) is 5.32 Å². The zero-order chi connectivity index (χ0) is 12.0. The Morgan fingerprint density at radius 3 is 2.56 bits per heavy atom. The van der Waals surface area contributed by atoms with Gasteiger partial charge in [0.1, 0.15) is 0 Å². The van der Waals surface area contributed by atoms with Crippen molar-refractivity contribution < 1.29 is 9.53 Å². The largest absolute Gasteiger partial charge is 0.377 e. The number of nitrogens with one attached hydrogen (secondary N) is 1. The first-order valence-corrected chi connectivity index (χ1v) is 6.23. The molecule has 4 nitrogen and oxygen atoms in total. The van der Waals surface area contributed by atoms with E-state index in [4.69, 9.17) is 10.5 Å². The standard InChI is InChI=1S/C12H24N2O2/c1-10(2)16-9-8-14-11(15)12(13)6-4-3-5-7-12/h10H,3-9,13H2,1-2H3,(H,14,15). The summed E-state index contributed by atoms with van der Waals surface area (Å²) in [6, 6.07) is 0. The molecule has 1 fully saturated rings. The summed E-state index contributed by atoms with van der Waals surface area (Å²) in [6.07, 6.45) is 5.15. The minimum absolute atomic E-state index is 0.0143. The lowest BCUT2D eigenvalue weighted by Crippen LogP contribution is -2.55. The normalized spacial score (nSPS) is 19.8. The van der Waals surface area contributed by atoms with Crippen LogP contribution in [0.4, 0.5) is 0 Å². The van der Waals surface area contributed by atoms with Crippen LogP contribution in [0.25, 0.3) is 0 Å². The van der Waals surface area contributed by atoms with E-state index in [0.717, 1.165) is 25.7 Å². The number of rotatable bonds is 5. The lowest BCUT2D eigenvalue weighted by molar-refractivity contribution is -0.127. The van der Waals surface area contributed by atoms with Crippen molar-refractivity contribution >= 4 is 5.91 Å². The summed E-state index contributed by atoms with van der Waals surface area (Å²) >= 11 is 0. The van der Waals surface area contributed by atoms with Gasteiger partial charge in [0.15, 0.2) is 0 Å². The van der Waals surface area contributed by atoms with Crippen LogP contribution in [0.2, 0.25) is 0 Å². The molecule has 3 N–H and O–H groups in total. The van der Waals surface area contributed by atoms with E-state index in [1.54, 1.807) is 0 Å². The zero-order valence-corrected chi connectivity index (χ0v) is 10.4. The van der Waals surface area contributed by atoms with E-state index in [1.807, 2.05) is 13.8 Å². The molecule has 0 atom stereocenters. The highest BCUT2D eigenvalue weighted by Crippen LogP contribution is 2.25. The van der Waals surface area contributed by atoms with E-state index in [0.29, 0.717) is 13.2 Å². The summed E-state index contributed by atoms with van der Waals surface area (Å²) in [4.78, 5) is 11.9. The van der Waals surface area contributed by atoms with Crippen molar-refractivity contribution in [3.63, 3.8) is 0 Å². The molecular weight excluding hydrogens is 204 g/mol.